The Morgan fingerprint density at radius 2 is 2.00 bits per heavy atom. The number of guanidine groups is 1. The van der Waals surface area contributed by atoms with Gasteiger partial charge in [0.2, 0.25) is 0 Å². The van der Waals surface area contributed by atoms with E-state index in [0.29, 0.717) is 18.5 Å². The number of carbonyl (C=O) groups is 1. The zero-order valence-corrected chi connectivity index (χ0v) is 11.4. The maximum atomic E-state index is 11.2. The van der Waals surface area contributed by atoms with E-state index in [1.807, 2.05) is 0 Å². The fourth-order valence-electron chi connectivity index (χ4n) is 2.19. The number of rotatable bonds is 4. The molecule has 1 unspecified atom stereocenters. The Balaban J connectivity index is 2.34. The molecule has 5 nitrogen and oxygen atoms in total. The number of esters is 1. The van der Waals surface area contributed by atoms with Gasteiger partial charge in [-0.15, -0.1) is 0 Å². The fourth-order valence-corrected chi connectivity index (χ4v) is 2.19. The molecule has 1 rings (SSSR count). The number of ether oxygens (including phenoxy) is 1. The van der Waals surface area contributed by atoms with Crippen molar-refractivity contribution in [3.8, 4) is 0 Å². The van der Waals surface area contributed by atoms with Gasteiger partial charge in [-0.1, -0.05) is 32.6 Å². The molecule has 0 bridgehead atoms. The van der Waals surface area contributed by atoms with Crippen LogP contribution in [0.2, 0.25) is 0 Å². The summed E-state index contributed by atoms with van der Waals surface area (Å²) in [6, 6.07) is 0.435. The van der Waals surface area contributed by atoms with E-state index in [9.17, 15) is 4.79 Å². The van der Waals surface area contributed by atoms with E-state index in [2.05, 4.69) is 15.0 Å². The van der Waals surface area contributed by atoms with Crippen molar-refractivity contribution in [3.05, 3.63) is 0 Å². The van der Waals surface area contributed by atoms with Crippen LogP contribution in [0.15, 0.2) is 4.99 Å². The van der Waals surface area contributed by atoms with Gasteiger partial charge in [-0.05, 0) is 12.8 Å². The standard InChI is InChI=1S/C13H25N3O2/c1-10(12(17)18-2)9-15-13(14)16-11-7-5-3-4-6-8-11/h10-11H,3-9H2,1-2H3,(H3,14,15,16). The summed E-state index contributed by atoms with van der Waals surface area (Å²) >= 11 is 0. The molecule has 18 heavy (non-hydrogen) atoms. The highest BCUT2D eigenvalue weighted by Gasteiger charge is 2.14. The normalized spacial score (nSPS) is 20.0. The molecule has 104 valence electrons. The maximum absolute atomic E-state index is 11.2. The number of hydrogen-bond acceptors (Lipinski definition) is 3. The number of aliphatic imine (C=N–C) groups is 1. The lowest BCUT2D eigenvalue weighted by Gasteiger charge is -2.17. The van der Waals surface area contributed by atoms with Gasteiger partial charge < -0.3 is 15.8 Å². The smallest absolute Gasteiger partial charge is 0.310 e. The third-order valence-electron chi connectivity index (χ3n) is 3.35. The zero-order chi connectivity index (χ0) is 13.4. The second-order valence-corrected chi connectivity index (χ2v) is 4.98. The van der Waals surface area contributed by atoms with Crippen LogP contribution in [0.1, 0.15) is 45.4 Å². The van der Waals surface area contributed by atoms with Gasteiger partial charge >= 0.3 is 5.97 Å². The number of nitrogens with two attached hydrogens (primary N) is 1. The van der Waals surface area contributed by atoms with Crippen molar-refractivity contribution in [2.24, 2.45) is 16.6 Å². The molecule has 0 spiro atoms. The lowest BCUT2D eigenvalue weighted by atomic mass is 10.1. The number of carbonyl (C=O) groups excluding carboxylic acids is 1. The predicted octanol–water partition coefficient (Wildman–Crippen LogP) is 1.42. The Morgan fingerprint density at radius 1 is 1.39 bits per heavy atom. The van der Waals surface area contributed by atoms with Crippen LogP contribution in [0.25, 0.3) is 0 Å². The van der Waals surface area contributed by atoms with Gasteiger partial charge in [0.15, 0.2) is 5.96 Å². The molecule has 1 saturated carbocycles. The van der Waals surface area contributed by atoms with Crippen LogP contribution < -0.4 is 11.1 Å². The molecule has 1 aliphatic carbocycles. The van der Waals surface area contributed by atoms with Gasteiger partial charge in [-0.2, -0.15) is 0 Å². The Morgan fingerprint density at radius 3 is 2.56 bits per heavy atom. The summed E-state index contributed by atoms with van der Waals surface area (Å²) in [4.78, 5) is 15.4. The quantitative estimate of drug-likeness (QED) is 0.345. The van der Waals surface area contributed by atoms with Gasteiger partial charge in [0.25, 0.3) is 0 Å². The molecule has 0 aromatic carbocycles. The first-order valence-corrected chi connectivity index (χ1v) is 6.77. The Kier molecular flexibility index (Phi) is 6.54. The van der Waals surface area contributed by atoms with Crippen LogP contribution in [-0.4, -0.2) is 31.6 Å². The minimum Gasteiger partial charge on any atom is -0.469 e. The van der Waals surface area contributed by atoms with Gasteiger partial charge in [0, 0.05) is 6.04 Å². The highest BCUT2D eigenvalue weighted by molar-refractivity contribution is 5.79. The van der Waals surface area contributed by atoms with E-state index >= 15 is 0 Å². The van der Waals surface area contributed by atoms with Crippen LogP contribution in [0.5, 0.6) is 0 Å². The van der Waals surface area contributed by atoms with Crippen LogP contribution in [0, 0.1) is 5.92 Å². The number of hydrogen-bond donors (Lipinski definition) is 2. The van der Waals surface area contributed by atoms with Crippen molar-refractivity contribution in [3.63, 3.8) is 0 Å². The second kappa shape index (κ2) is 7.95. The highest BCUT2D eigenvalue weighted by atomic mass is 16.5. The van der Waals surface area contributed by atoms with Crippen molar-refractivity contribution < 1.29 is 9.53 Å². The lowest BCUT2D eigenvalue weighted by molar-refractivity contribution is -0.144. The average Bonchev–Trinajstić information content (AvgIpc) is 2.63. The monoisotopic (exact) mass is 255 g/mol. The summed E-state index contributed by atoms with van der Waals surface area (Å²) in [5.41, 5.74) is 5.83. The van der Waals surface area contributed by atoms with E-state index in [0.717, 1.165) is 12.8 Å². The van der Waals surface area contributed by atoms with Gasteiger partial charge in [0.05, 0.1) is 19.6 Å². The first kappa shape index (κ1) is 14.8. The van der Waals surface area contributed by atoms with Crippen molar-refractivity contribution in [2.45, 2.75) is 51.5 Å². The first-order valence-electron chi connectivity index (χ1n) is 6.77. The molecule has 0 heterocycles. The molecule has 0 aliphatic heterocycles. The molecule has 0 radical (unpaired) electrons. The number of nitrogens with one attached hydrogen (secondary N) is 1. The first-order chi connectivity index (χ1) is 8.63. The topological polar surface area (TPSA) is 76.7 Å². The molecular weight excluding hydrogens is 230 g/mol. The Labute approximate surface area is 109 Å². The van der Waals surface area contributed by atoms with Crippen LogP contribution in [0.3, 0.4) is 0 Å². The molecule has 3 N–H and O–H groups in total. The molecule has 1 fully saturated rings. The molecule has 0 amide bonds. The summed E-state index contributed by atoms with van der Waals surface area (Å²) in [7, 11) is 1.38. The third-order valence-corrected chi connectivity index (χ3v) is 3.35. The van der Waals surface area contributed by atoms with E-state index < -0.39 is 0 Å². The highest BCUT2D eigenvalue weighted by Crippen LogP contribution is 2.16. The minimum atomic E-state index is -0.249. The van der Waals surface area contributed by atoms with E-state index in [1.54, 1.807) is 6.92 Å². The molecule has 1 atom stereocenters. The lowest BCUT2D eigenvalue weighted by Crippen LogP contribution is -2.40. The molecule has 5 heteroatoms. The largest absolute Gasteiger partial charge is 0.469 e. The summed E-state index contributed by atoms with van der Waals surface area (Å²) in [5.74, 6) is -0.0526. The average molecular weight is 255 g/mol. The SMILES string of the molecule is COC(=O)C(C)CN=C(N)NC1CCCCCC1. The van der Waals surface area contributed by atoms with E-state index in [1.165, 1.54) is 32.8 Å². The maximum Gasteiger partial charge on any atom is 0.310 e. The summed E-state index contributed by atoms with van der Waals surface area (Å²) in [6.07, 6.45) is 7.45. The van der Waals surface area contributed by atoms with Crippen molar-refractivity contribution >= 4 is 11.9 Å². The minimum absolute atomic E-state index is 0.246. The van der Waals surface area contributed by atoms with Crippen molar-refractivity contribution in [1.29, 1.82) is 0 Å². The summed E-state index contributed by atoms with van der Waals surface area (Å²) < 4.78 is 4.64. The second-order valence-electron chi connectivity index (χ2n) is 4.98. The van der Waals surface area contributed by atoms with Crippen LogP contribution >= 0.6 is 0 Å². The van der Waals surface area contributed by atoms with Crippen LogP contribution in [0.4, 0.5) is 0 Å². The number of nitrogens with zero attached hydrogens (tertiary/aromatic N) is 1. The fraction of sp³-hybridized carbons (Fsp3) is 0.846. The van der Waals surface area contributed by atoms with Gasteiger partial charge in [-0.3, -0.25) is 9.79 Å². The molecule has 0 aromatic rings. The van der Waals surface area contributed by atoms with E-state index in [4.69, 9.17) is 5.73 Å². The zero-order valence-electron chi connectivity index (χ0n) is 11.4. The molecular formula is C13H25N3O2. The molecule has 0 saturated heterocycles. The van der Waals surface area contributed by atoms with Crippen LogP contribution in [-0.2, 0) is 9.53 Å². The third kappa shape index (κ3) is 5.38. The van der Waals surface area contributed by atoms with Gasteiger partial charge in [-0.25, -0.2) is 0 Å². The van der Waals surface area contributed by atoms with Gasteiger partial charge in [0.1, 0.15) is 0 Å². The number of methoxy groups -OCH3 is 1. The Bertz CT molecular complexity index is 284. The Hall–Kier alpha value is -1.26. The van der Waals surface area contributed by atoms with Crippen molar-refractivity contribution in [1.82, 2.24) is 5.32 Å². The van der Waals surface area contributed by atoms with E-state index in [-0.39, 0.29) is 11.9 Å². The molecule has 1 aliphatic rings. The predicted molar refractivity (Wildman–Crippen MR) is 72.3 cm³/mol. The summed E-state index contributed by atoms with van der Waals surface area (Å²) in [5, 5.41) is 3.25. The summed E-state index contributed by atoms with van der Waals surface area (Å²) in [6.45, 7) is 2.16. The molecule has 0 aromatic heterocycles. The van der Waals surface area contributed by atoms with Crippen molar-refractivity contribution in [2.75, 3.05) is 13.7 Å².